The first-order valence-corrected chi connectivity index (χ1v) is 6.05. The fourth-order valence-electron chi connectivity index (χ4n) is 2.53. The van der Waals surface area contributed by atoms with E-state index in [1.807, 2.05) is 13.0 Å². The molecule has 0 amide bonds. The first kappa shape index (κ1) is 11.9. The van der Waals surface area contributed by atoms with Crippen LogP contribution in [0.3, 0.4) is 0 Å². The largest absolute Gasteiger partial charge is 0.480 e. The predicted octanol–water partition coefficient (Wildman–Crippen LogP) is 0.0619. The molecular formula is C12H14N4O3. The zero-order valence-corrected chi connectivity index (χ0v) is 10.4. The molecule has 0 aromatic carbocycles. The van der Waals surface area contributed by atoms with E-state index < -0.39 is 18.1 Å². The van der Waals surface area contributed by atoms with Crippen molar-refractivity contribution in [1.29, 1.82) is 0 Å². The van der Waals surface area contributed by atoms with E-state index in [4.69, 9.17) is 0 Å². The number of carboxylic acids is 1. The minimum absolute atomic E-state index is 0.213. The number of aliphatic hydroxyl groups is 1. The highest BCUT2D eigenvalue weighted by molar-refractivity contribution is 5.82. The first-order chi connectivity index (χ1) is 9.06. The van der Waals surface area contributed by atoms with Gasteiger partial charge in [-0.2, -0.15) is 5.10 Å². The van der Waals surface area contributed by atoms with Crippen LogP contribution >= 0.6 is 0 Å². The van der Waals surface area contributed by atoms with E-state index in [0.29, 0.717) is 5.82 Å². The fraction of sp³-hybridized carbons (Fsp3) is 0.417. The molecule has 2 aromatic heterocycles. The van der Waals surface area contributed by atoms with Gasteiger partial charge in [0.2, 0.25) is 0 Å². The zero-order valence-electron chi connectivity index (χ0n) is 10.4. The summed E-state index contributed by atoms with van der Waals surface area (Å²) in [5.74, 6) is -0.399. The van der Waals surface area contributed by atoms with Crippen molar-refractivity contribution in [2.45, 2.75) is 25.5 Å². The topological polar surface area (TPSA) is 91.0 Å². The number of fused-ring (bicyclic) bond motifs is 1. The van der Waals surface area contributed by atoms with E-state index in [-0.39, 0.29) is 13.0 Å². The molecule has 7 nitrogen and oxygen atoms in total. The predicted molar refractivity (Wildman–Crippen MR) is 67.1 cm³/mol. The Morgan fingerprint density at radius 3 is 3.05 bits per heavy atom. The number of anilines is 1. The van der Waals surface area contributed by atoms with Crippen molar-refractivity contribution in [2.24, 2.45) is 0 Å². The molecule has 1 aliphatic heterocycles. The number of β-amino-alcohol motifs (C(OH)–C–C–N with tert-alkyl or cyclic N) is 1. The highest BCUT2D eigenvalue weighted by Gasteiger charge is 2.37. The molecule has 2 aromatic rings. The van der Waals surface area contributed by atoms with Gasteiger partial charge in [0.15, 0.2) is 5.82 Å². The molecule has 2 atom stereocenters. The van der Waals surface area contributed by atoms with Crippen LogP contribution in [0.1, 0.15) is 12.1 Å². The monoisotopic (exact) mass is 262 g/mol. The summed E-state index contributed by atoms with van der Waals surface area (Å²) < 4.78 is 1.67. The Balaban J connectivity index is 2.10. The molecule has 3 heterocycles. The number of carboxylic acid groups (broad SMARTS) is 1. The second kappa shape index (κ2) is 4.20. The van der Waals surface area contributed by atoms with Crippen molar-refractivity contribution in [3.05, 3.63) is 24.2 Å². The van der Waals surface area contributed by atoms with E-state index in [2.05, 4.69) is 10.1 Å². The van der Waals surface area contributed by atoms with E-state index in [9.17, 15) is 15.0 Å². The summed E-state index contributed by atoms with van der Waals surface area (Å²) in [7, 11) is 0. The van der Waals surface area contributed by atoms with Gasteiger partial charge in [0, 0.05) is 25.4 Å². The number of nitrogens with zero attached hydrogens (tertiary/aromatic N) is 4. The van der Waals surface area contributed by atoms with Crippen LogP contribution in [0.5, 0.6) is 0 Å². The van der Waals surface area contributed by atoms with Crippen LogP contribution in [0.2, 0.25) is 0 Å². The molecule has 0 saturated carbocycles. The normalized spacial score (nSPS) is 23.2. The van der Waals surface area contributed by atoms with Crippen LogP contribution in [0.25, 0.3) is 5.52 Å². The van der Waals surface area contributed by atoms with Crippen LogP contribution in [0.15, 0.2) is 18.5 Å². The van der Waals surface area contributed by atoms with E-state index in [0.717, 1.165) is 11.2 Å². The van der Waals surface area contributed by atoms with Gasteiger partial charge in [0.05, 0.1) is 11.8 Å². The first-order valence-electron chi connectivity index (χ1n) is 6.05. The summed E-state index contributed by atoms with van der Waals surface area (Å²) in [6, 6.07) is 1.11. The Kier molecular flexibility index (Phi) is 2.63. The van der Waals surface area contributed by atoms with Crippen LogP contribution in [0.4, 0.5) is 5.82 Å². The molecule has 1 fully saturated rings. The van der Waals surface area contributed by atoms with Gasteiger partial charge < -0.3 is 15.1 Å². The molecule has 100 valence electrons. The summed E-state index contributed by atoms with van der Waals surface area (Å²) in [4.78, 5) is 17.2. The van der Waals surface area contributed by atoms with E-state index >= 15 is 0 Å². The Morgan fingerprint density at radius 2 is 2.32 bits per heavy atom. The number of rotatable bonds is 2. The molecule has 0 aliphatic carbocycles. The van der Waals surface area contributed by atoms with Gasteiger partial charge >= 0.3 is 5.97 Å². The molecule has 1 aliphatic rings. The van der Waals surface area contributed by atoms with Crippen molar-refractivity contribution in [1.82, 2.24) is 14.6 Å². The second-order valence-electron chi connectivity index (χ2n) is 4.76. The van der Waals surface area contributed by atoms with Crippen molar-refractivity contribution in [3.63, 3.8) is 0 Å². The molecule has 0 bridgehead atoms. The molecule has 0 radical (unpaired) electrons. The Labute approximate surface area is 109 Å². The number of aryl methyl sites for hydroxylation is 1. The molecule has 1 saturated heterocycles. The third-order valence-electron chi connectivity index (χ3n) is 3.33. The van der Waals surface area contributed by atoms with Crippen molar-refractivity contribution in [3.8, 4) is 0 Å². The van der Waals surface area contributed by atoms with Gasteiger partial charge in [-0.3, -0.25) is 0 Å². The van der Waals surface area contributed by atoms with E-state index in [1.165, 1.54) is 0 Å². The number of aromatic nitrogens is 3. The zero-order chi connectivity index (χ0) is 13.6. The highest BCUT2D eigenvalue weighted by atomic mass is 16.4. The molecule has 2 unspecified atom stereocenters. The number of carbonyl (C=O) groups is 1. The Bertz CT molecular complexity index is 639. The maximum absolute atomic E-state index is 11.3. The second-order valence-corrected chi connectivity index (χ2v) is 4.76. The number of aliphatic carboxylic acids is 1. The number of hydrogen-bond acceptors (Lipinski definition) is 5. The lowest BCUT2D eigenvalue weighted by molar-refractivity contribution is -0.138. The van der Waals surface area contributed by atoms with Gasteiger partial charge in [0.1, 0.15) is 11.6 Å². The molecule has 0 spiro atoms. The minimum Gasteiger partial charge on any atom is -0.480 e. The quantitative estimate of drug-likeness (QED) is 0.795. The van der Waals surface area contributed by atoms with Gasteiger partial charge in [-0.1, -0.05) is 0 Å². The molecule has 7 heteroatoms. The van der Waals surface area contributed by atoms with Gasteiger partial charge in [0.25, 0.3) is 0 Å². The number of hydrogen-bond donors (Lipinski definition) is 2. The minimum atomic E-state index is -0.948. The lowest BCUT2D eigenvalue weighted by Crippen LogP contribution is -2.36. The average molecular weight is 262 g/mol. The van der Waals surface area contributed by atoms with Crippen molar-refractivity contribution >= 4 is 17.3 Å². The number of aliphatic hydroxyl groups excluding tert-OH is 1. The Hall–Kier alpha value is -2.15. The maximum atomic E-state index is 11.3. The molecular weight excluding hydrogens is 248 g/mol. The lowest BCUT2D eigenvalue weighted by Gasteiger charge is -2.22. The van der Waals surface area contributed by atoms with Gasteiger partial charge in [-0.25, -0.2) is 14.3 Å². The average Bonchev–Trinajstić information content (AvgIpc) is 2.90. The summed E-state index contributed by atoms with van der Waals surface area (Å²) in [5.41, 5.74) is 1.58. The third kappa shape index (κ3) is 1.91. The van der Waals surface area contributed by atoms with E-state index in [1.54, 1.807) is 21.8 Å². The van der Waals surface area contributed by atoms with Crippen molar-refractivity contribution in [2.75, 3.05) is 11.4 Å². The molecule has 3 rings (SSSR count). The SMILES string of the molecule is Cc1cc2c(N3CC(O)CC3C(=O)O)nccn2n1. The van der Waals surface area contributed by atoms with Crippen LogP contribution in [-0.4, -0.2) is 49.5 Å². The summed E-state index contributed by atoms with van der Waals surface area (Å²) in [6.07, 6.45) is 2.87. The highest BCUT2D eigenvalue weighted by Crippen LogP contribution is 2.28. The summed E-state index contributed by atoms with van der Waals surface area (Å²) in [6.45, 7) is 2.14. The fourth-order valence-corrected chi connectivity index (χ4v) is 2.53. The summed E-state index contributed by atoms with van der Waals surface area (Å²) in [5, 5.41) is 23.2. The summed E-state index contributed by atoms with van der Waals surface area (Å²) >= 11 is 0. The lowest BCUT2D eigenvalue weighted by atomic mass is 10.2. The molecule has 19 heavy (non-hydrogen) atoms. The van der Waals surface area contributed by atoms with Crippen LogP contribution < -0.4 is 4.90 Å². The van der Waals surface area contributed by atoms with Crippen molar-refractivity contribution < 1.29 is 15.0 Å². The van der Waals surface area contributed by atoms with Gasteiger partial charge in [-0.15, -0.1) is 0 Å². The standard InChI is InChI=1S/C12H14N4O3/c1-7-4-9-11(13-2-3-16(9)14-7)15-6-8(17)5-10(15)12(18)19/h2-4,8,10,17H,5-6H2,1H3,(H,18,19). The third-order valence-corrected chi connectivity index (χ3v) is 3.33. The van der Waals surface area contributed by atoms with Crippen LogP contribution in [-0.2, 0) is 4.79 Å². The molecule has 2 N–H and O–H groups in total. The van der Waals surface area contributed by atoms with Gasteiger partial charge in [-0.05, 0) is 13.0 Å². The maximum Gasteiger partial charge on any atom is 0.326 e. The smallest absolute Gasteiger partial charge is 0.326 e. The van der Waals surface area contributed by atoms with Crippen LogP contribution in [0, 0.1) is 6.92 Å². The Morgan fingerprint density at radius 1 is 1.53 bits per heavy atom.